The van der Waals surface area contributed by atoms with Crippen molar-refractivity contribution >= 4 is 5.91 Å². The third-order valence-electron chi connectivity index (χ3n) is 4.18. The third kappa shape index (κ3) is 4.36. The molecule has 0 unspecified atom stereocenters. The van der Waals surface area contributed by atoms with Crippen LogP contribution in [0.25, 0.3) is 0 Å². The average molecular weight is 273 g/mol. The van der Waals surface area contributed by atoms with E-state index in [0.29, 0.717) is 12.5 Å². The molecule has 2 heteroatoms. The molecule has 2 rings (SSSR count). The zero-order chi connectivity index (χ0) is 14.6. The van der Waals surface area contributed by atoms with E-state index in [2.05, 4.69) is 50.4 Å². The van der Waals surface area contributed by atoms with E-state index in [-0.39, 0.29) is 11.3 Å². The summed E-state index contributed by atoms with van der Waals surface area (Å²) in [5.41, 5.74) is 2.79. The molecule has 0 bridgehead atoms. The summed E-state index contributed by atoms with van der Waals surface area (Å²) in [5.74, 6) is 0.205. The van der Waals surface area contributed by atoms with Crippen LogP contribution in [0.5, 0.6) is 0 Å². The minimum absolute atomic E-state index is 0.193. The van der Waals surface area contributed by atoms with Gasteiger partial charge in [-0.2, -0.15) is 0 Å². The van der Waals surface area contributed by atoms with Crippen LogP contribution in [-0.2, 0) is 16.6 Å². The predicted octanol–water partition coefficient (Wildman–Crippen LogP) is 3.98. The highest BCUT2D eigenvalue weighted by Crippen LogP contribution is 2.22. The highest BCUT2D eigenvalue weighted by molar-refractivity contribution is 5.76. The molecule has 110 valence electrons. The van der Waals surface area contributed by atoms with Gasteiger partial charge in [0, 0.05) is 12.5 Å². The van der Waals surface area contributed by atoms with Crippen molar-refractivity contribution in [2.24, 2.45) is 0 Å². The van der Waals surface area contributed by atoms with Crippen molar-refractivity contribution in [2.75, 3.05) is 0 Å². The maximum atomic E-state index is 11.9. The lowest BCUT2D eigenvalue weighted by molar-refractivity contribution is -0.121. The number of nitrogens with one attached hydrogen (secondary N) is 1. The molecule has 1 N–H and O–H groups in total. The van der Waals surface area contributed by atoms with Crippen molar-refractivity contribution in [2.45, 2.75) is 70.8 Å². The summed E-state index contributed by atoms with van der Waals surface area (Å²) < 4.78 is 0. The molecule has 0 saturated heterocycles. The standard InChI is InChI=1S/C18H27NO/c1-18(2,3)15-11-8-14(9-12-15)10-13-17(20)19-16-6-4-5-7-16/h8-9,11-12,16H,4-7,10,13H2,1-3H3,(H,19,20). The predicted molar refractivity (Wildman–Crippen MR) is 83.9 cm³/mol. The van der Waals surface area contributed by atoms with Crippen molar-refractivity contribution in [1.29, 1.82) is 0 Å². The Morgan fingerprint density at radius 2 is 1.75 bits per heavy atom. The second-order valence-electron chi connectivity index (χ2n) is 7.00. The number of rotatable bonds is 4. The van der Waals surface area contributed by atoms with Gasteiger partial charge in [0.2, 0.25) is 5.91 Å². The van der Waals surface area contributed by atoms with Gasteiger partial charge in [-0.15, -0.1) is 0 Å². The number of aryl methyl sites for hydroxylation is 1. The van der Waals surface area contributed by atoms with Gasteiger partial charge in [0.25, 0.3) is 0 Å². The van der Waals surface area contributed by atoms with Gasteiger partial charge in [-0.05, 0) is 35.8 Å². The molecule has 0 atom stereocenters. The zero-order valence-electron chi connectivity index (χ0n) is 13.0. The summed E-state index contributed by atoms with van der Waals surface area (Å²) in [6, 6.07) is 9.12. The van der Waals surface area contributed by atoms with Crippen molar-refractivity contribution in [3.05, 3.63) is 35.4 Å². The Bertz CT molecular complexity index is 435. The van der Waals surface area contributed by atoms with Crippen LogP contribution in [0.4, 0.5) is 0 Å². The summed E-state index contributed by atoms with van der Waals surface area (Å²) in [6.45, 7) is 6.66. The molecular formula is C18H27NO. The van der Waals surface area contributed by atoms with Gasteiger partial charge in [0.15, 0.2) is 0 Å². The first-order chi connectivity index (χ1) is 9.45. The van der Waals surface area contributed by atoms with E-state index < -0.39 is 0 Å². The molecular weight excluding hydrogens is 246 g/mol. The molecule has 0 aromatic heterocycles. The second-order valence-corrected chi connectivity index (χ2v) is 7.00. The quantitative estimate of drug-likeness (QED) is 0.883. The van der Waals surface area contributed by atoms with E-state index >= 15 is 0 Å². The number of hydrogen-bond acceptors (Lipinski definition) is 1. The lowest BCUT2D eigenvalue weighted by Crippen LogP contribution is -2.32. The first kappa shape index (κ1) is 15.1. The van der Waals surface area contributed by atoms with Crippen LogP contribution < -0.4 is 5.32 Å². The van der Waals surface area contributed by atoms with E-state index in [1.165, 1.54) is 24.0 Å². The molecule has 1 saturated carbocycles. The monoisotopic (exact) mass is 273 g/mol. The fourth-order valence-electron chi connectivity index (χ4n) is 2.80. The zero-order valence-corrected chi connectivity index (χ0v) is 13.0. The normalized spacial score (nSPS) is 16.4. The Labute approximate surface area is 123 Å². The van der Waals surface area contributed by atoms with Crippen LogP contribution in [-0.4, -0.2) is 11.9 Å². The average Bonchev–Trinajstić information content (AvgIpc) is 2.88. The SMILES string of the molecule is CC(C)(C)c1ccc(CCC(=O)NC2CCCC2)cc1. The van der Waals surface area contributed by atoms with Gasteiger partial charge < -0.3 is 5.32 Å². The second kappa shape index (κ2) is 6.43. The number of hydrogen-bond donors (Lipinski definition) is 1. The van der Waals surface area contributed by atoms with Crippen LogP contribution in [0.1, 0.15) is 64.0 Å². The maximum absolute atomic E-state index is 11.9. The van der Waals surface area contributed by atoms with Gasteiger partial charge >= 0.3 is 0 Å². The molecule has 0 radical (unpaired) electrons. The summed E-state index contributed by atoms with van der Waals surface area (Å²) in [7, 11) is 0. The van der Waals surface area contributed by atoms with Crippen LogP contribution in [0.2, 0.25) is 0 Å². The number of amides is 1. The smallest absolute Gasteiger partial charge is 0.220 e. The van der Waals surface area contributed by atoms with Crippen molar-refractivity contribution in [3.8, 4) is 0 Å². The molecule has 0 spiro atoms. The lowest BCUT2D eigenvalue weighted by atomic mass is 9.86. The van der Waals surface area contributed by atoms with Gasteiger partial charge in [-0.3, -0.25) is 4.79 Å². The largest absolute Gasteiger partial charge is 0.353 e. The summed E-state index contributed by atoms with van der Waals surface area (Å²) in [6.07, 6.45) is 6.28. The number of benzene rings is 1. The fourth-order valence-corrected chi connectivity index (χ4v) is 2.80. The summed E-state index contributed by atoms with van der Waals surface area (Å²) in [4.78, 5) is 11.9. The van der Waals surface area contributed by atoms with E-state index in [9.17, 15) is 4.79 Å². The first-order valence-electron chi connectivity index (χ1n) is 7.84. The van der Waals surface area contributed by atoms with Crippen LogP contribution in [0.3, 0.4) is 0 Å². The molecule has 1 amide bonds. The van der Waals surface area contributed by atoms with Gasteiger partial charge in [0.05, 0.1) is 0 Å². The van der Waals surface area contributed by atoms with Crippen molar-refractivity contribution in [3.63, 3.8) is 0 Å². The molecule has 1 aliphatic rings. The lowest BCUT2D eigenvalue weighted by Gasteiger charge is -2.19. The molecule has 0 heterocycles. The van der Waals surface area contributed by atoms with Gasteiger partial charge in [0.1, 0.15) is 0 Å². The molecule has 1 aromatic rings. The summed E-state index contributed by atoms with van der Waals surface area (Å²) in [5, 5.41) is 3.15. The fraction of sp³-hybridized carbons (Fsp3) is 0.611. The van der Waals surface area contributed by atoms with E-state index in [0.717, 1.165) is 19.3 Å². The summed E-state index contributed by atoms with van der Waals surface area (Å²) >= 11 is 0. The minimum Gasteiger partial charge on any atom is -0.353 e. The number of carbonyl (C=O) groups excluding carboxylic acids is 1. The Kier molecular flexibility index (Phi) is 4.85. The van der Waals surface area contributed by atoms with Crippen LogP contribution in [0, 0.1) is 0 Å². The highest BCUT2D eigenvalue weighted by Gasteiger charge is 2.17. The maximum Gasteiger partial charge on any atom is 0.220 e. The molecule has 1 aromatic carbocycles. The molecule has 1 fully saturated rings. The van der Waals surface area contributed by atoms with Gasteiger partial charge in [-0.1, -0.05) is 57.9 Å². The molecule has 2 nitrogen and oxygen atoms in total. The van der Waals surface area contributed by atoms with Crippen molar-refractivity contribution < 1.29 is 4.79 Å². The third-order valence-corrected chi connectivity index (χ3v) is 4.18. The Morgan fingerprint density at radius 1 is 1.15 bits per heavy atom. The topological polar surface area (TPSA) is 29.1 Å². The Balaban J connectivity index is 1.80. The number of carbonyl (C=O) groups is 1. The molecule has 1 aliphatic carbocycles. The Hall–Kier alpha value is -1.31. The van der Waals surface area contributed by atoms with E-state index in [1.54, 1.807) is 0 Å². The highest BCUT2D eigenvalue weighted by atomic mass is 16.1. The Morgan fingerprint density at radius 3 is 2.30 bits per heavy atom. The van der Waals surface area contributed by atoms with E-state index in [4.69, 9.17) is 0 Å². The van der Waals surface area contributed by atoms with E-state index in [1.807, 2.05) is 0 Å². The molecule has 20 heavy (non-hydrogen) atoms. The van der Waals surface area contributed by atoms with Crippen LogP contribution >= 0.6 is 0 Å². The minimum atomic E-state index is 0.193. The van der Waals surface area contributed by atoms with Gasteiger partial charge in [-0.25, -0.2) is 0 Å². The van der Waals surface area contributed by atoms with Crippen LogP contribution in [0.15, 0.2) is 24.3 Å². The first-order valence-corrected chi connectivity index (χ1v) is 7.84. The molecule has 0 aliphatic heterocycles. The van der Waals surface area contributed by atoms with Crippen molar-refractivity contribution in [1.82, 2.24) is 5.32 Å².